The third kappa shape index (κ3) is 2.25. The lowest BCUT2D eigenvalue weighted by Gasteiger charge is -2.38. The van der Waals surface area contributed by atoms with Gasteiger partial charge >= 0.3 is 0 Å². The Labute approximate surface area is 124 Å². The second-order valence-electron chi connectivity index (χ2n) is 4.88. The molecule has 3 aromatic rings. The van der Waals surface area contributed by atoms with Crippen LogP contribution < -0.4 is 4.74 Å². The monoisotopic (exact) mass is 300 g/mol. The summed E-state index contributed by atoms with van der Waals surface area (Å²) >= 11 is 1.46. The van der Waals surface area contributed by atoms with Crippen LogP contribution in [-0.4, -0.2) is 45.0 Å². The molecule has 1 aromatic carbocycles. The van der Waals surface area contributed by atoms with Crippen molar-refractivity contribution in [3.05, 3.63) is 41.7 Å². The lowest BCUT2D eigenvalue weighted by Crippen LogP contribution is -2.56. The number of fused-ring (bicyclic) bond motifs is 1. The molecule has 106 valence electrons. The van der Waals surface area contributed by atoms with Gasteiger partial charge in [-0.05, 0) is 18.2 Å². The average molecular weight is 300 g/mol. The van der Waals surface area contributed by atoms with Crippen molar-refractivity contribution in [3.63, 3.8) is 0 Å². The SMILES string of the molecule is O=C(c1ccc2nc[nH]c2c1)N1CC(Oc2nccs2)C1. The Bertz CT molecular complexity index is 777. The first kappa shape index (κ1) is 12.3. The van der Waals surface area contributed by atoms with Crippen molar-refractivity contribution in [2.45, 2.75) is 6.10 Å². The highest BCUT2D eigenvalue weighted by Crippen LogP contribution is 2.22. The van der Waals surface area contributed by atoms with Gasteiger partial charge in [0.2, 0.25) is 0 Å². The second-order valence-corrected chi connectivity index (χ2v) is 5.74. The summed E-state index contributed by atoms with van der Waals surface area (Å²) in [5.41, 5.74) is 2.40. The van der Waals surface area contributed by atoms with Crippen molar-refractivity contribution in [3.8, 4) is 5.19 Å². The van der Waals surface area contributed by atoms with Gasteiger partial charge in [0.25, 0.3) is 11.1 Å². The number of ether oxygens (including phenoxy) is 1. The van der Waals surface area contributed by atoms with Crippen LogP contribution in [0.2, 0.25) is 0 Å². The lowest BCUT2D eigenvalue weighted by molar-refractivity contribution is 0.0177. The summed E-state index contributed by atoms with van der Waals surface area (Å²) in [6.45, 7) is 1.19. The fourth-order valence-electron chi connectivity index (χ4n) is 2.34. The number of carbonyl (C=O) groups is 1. The first-order valence-corrected chi connectivity index (χ1v) is 7.46. The van der Waals surface area contributed by atoms with E-state index in [0.717, 1.165) is 11.0 Å². The fraction of sp³-hybridized carbons (Fsp3) is 0.214. The fourth-order valence-corrected chi connectivity index (χ4v) is 2.89. The van der Waals surface area contributed by atoms with Crippen LogP contribution in [0.4, 0.5) is 0 Å². The summed E-state index contributed by atoms with van der Waals surface area (Å²) in [6.07, 6.45) is 3.37. The average Bonchev–Trinajstić information content (AvgIpc) is 3.11. The minimum atomic E-state index is 0.0190. The highest BCUT2D eigenvalue weighted by Gasteiger charge is 2.33. The molecule has 0 bridgehead atoms. The van der Waals surface area contributed by atoms with Gasteiger partial charge in [-0.15, -0.1) is 0 Å². The molecule has 0 saturated carbocycles. The highest BCUT2D eigenvalue weighted by molar-refractivity contribution is 7.11. The maximum absolute atomic E-state index is 12.4. The Morgan fingerprint density at radius 3 is 3.10 bits per heavy atom. The number of H-pyrrole nitrogens is 1. The molecule has 1 amide bonds. The van der Waals surface area contributed by atoms with Gasteiger partial charge in [-0.2, -0.15) is 0 Å². The number of nitrogens with one attached hydrogen (secondary N) is 1. The smallest absolute Gasteiger partial charge is 0.273 e. The molecule has 2 aromatic heterocycles. The number of likely N-dealkylation sites (tertiary alicyclic amines) is 1. The molecule has 4 rings (SSSR count). The molecule has 0 radical (unpaired) electrons. The number of benzene rings is 1. The van der Waals surface area contributed by atoms with Gasteiger partial charge in [-0.1, -0.05) is 11.3 Å². The molecular formula is C14H12N4O2S. The van der Waals surface area contributed by atoms with E-state index in [1.54, 1.807) is 23.5 Å². The van der Waals surface area contributed by atoms with Gasteiger partial charge in [-0.25, -0.2) is 9.97 Å². The topological polar surface area (TPSA) is 71.1 Å². The van der Waals surface area contributed by atoms with Crippen molar-refractivity contribution in [2.75, 3.05) is 13.1 Å². The quantitative estimate of drug-likeness (QED) is 0.802. The summed E-state index contributed by atoms with van der Waals surface area (Å²) in [7, 11) is 0. The molecular weight excluding hydrogens is 288 g/mol. The number of aromatic amines is 1. The summed E-state index contributed by atoms with van der Waals surface area (Å²) in [4.78, 5) is 25.4. The van der Waals surface area contributed by atoms with E-state index in [1.807, 2.05) is 17.5 Å². The van der Waals surface area contributed by atoms with Crippen molar-refractivity contribution in [1.82, 2.24) is 19.9 Å². The molecule has 0 unspecified atom stereocenters. The highest BCUT2D eigenvalue weighted by atomic mass is 32.1. The van der Waals surface area contributed by atoms with Crippen LogP contribution in [-0.2, 0) is 0 Å². The van der Waals surface area contributed by atoms with Gasteiger partial charge < -0.3 is 14.6 Å². The maximum Gasteiger partial charge on any atom is 0.273 e. The Balaban J connectivity index is 1.42. The van der Waals surface area contributed by atoms with Crippen molar-refractivity contribution in [1.29, 1.82) is 0 Å². The number of thiazole rings is 1. The molecule has 21 heavy (non-hydrogen) atoms. The normalized spacial score (nSPS) is 15.1. The summed E-state index contributed by atoms with van der Waals surface area (Å²) in [5.74, 6) is 0.0190. The molecule has 7 heteroatoms. The van der Waals surface area contributed by atoms with Gasteiger partial charge in [-0.3, -0.25) is 4.79 Å². The predicted molar refractivity (Wildman–Crippen MR) is 78.5 cm³/mol. The first-order chi connectivity index (χ1) is 10.3. The number of nitrogens with zero attached hydrogens (tertiary/aromatic N) is 3. The number of aromatic nitrogens is 3. The van der Waals surface area contributed by atoms with Crippen LogP contribution in [0.25, 0.3) is 11.0 Å². The Hall–Kier alpha value is -2.41. The van der Waals surface area contributed by atoms with E-state index in [-0.39, 0.29) is 12.0 Å². The van der Waals surface area contributed by atoms with E-state index in [1.165, 1.54) is 11.3 Å². The van der Waals surface area contributed by atoms with Crippen molar-refractivity contribution >= 4 is 28.3 Å². The zero-order chi connectivity index (χ0) is 14.2. The van der Waals surface area contributed by atoms with Gasteiger partial charge in [0.1, 0.15) is 6.10 Å². The summed E-state index contributed by atoms with van der Waals surface area (Å²) in [5, 5.41) is 2.53. The number of hydrogen-bond acceptors (Lipinski definition) is 5. The second kappa shape index (κ2) is 4.85. The number of hydrogen-bond donors (Lipinski definition) is 1. The molecule has 0 spiro atoms. The lowest BCUT2D eigenvalue weighted by atomic mass is 10.1. The van der Waals surface area contributed by atoms with Crippen LogP contribution in [0, 0.1) is 0 Å². The van der Waals surface area contributed by atoms with Crippen LogP contribution in [0.3, 0.4) is 0 Å². The van der Waals surface area contributed by atoms with Crippen LogP contribution >= 0.6 is 11.3 Å². The molecule has 1 aliphatic rings. The standard InChI is InChI=1S/C14H12N4O2S/c19-13(9-1-2-11-12(5-9)17-8-16-11)18-6-10(7-18)20-14-15-3-4-21-14/h1-5,8,10H,6-7H2,(H,16,17). The van der Waals surface area contributed by atoms with Gasteiger partial charge in [0.05, 0.1) is 30.5 Å². The van der Waals surface area contributed by atoms with Crippen LogP contribution in [0.15, 0.2) is 36.1 Å². The summed E-state index contributed by atoms with van der Waals surface area (Å²) in [6, 6.07) is 5.49. The van der Waals surface area contributed by atoms with Gasteiger partial charge in [0.15, 0.2) is 0 Å². The number of carbonyl (C=O) groups excluding carboxylic acids is 1. The molecule has 0 atom stereocenters. The first-order valence-electron chi connectivity index (χ1n) is 6.58. The Kier molecular flexibility index (Phi) is 2.85. The number of imidazole rings is 1. The third-order valence-electron chi connectivity index (χ3n) is 3.48. The summed E-state index contributed by atoms with van der Waals surface area (Å²) < 4.78 is 5.66. The minimum Gasteiger partial charge on any atom is -0.463 e. The van der Waals surface area contributed by atoms with E-state index >= 15 is 0 Å². The van der Waals surface area contributed by atoms with E-state index in [4.69, 9.17) is 4.74 Å². The molecule has 1 aliphatic heterocycles. The molecule has 3 heterocycles. The Morgan fingerprint density at radius 1 is 1.38 bits per heavy atom. The van der Waals surface area contributed by atoms with Gasteiger partial charge in [0, 0.05) is 17.1 Å². The maximum atomic E-state index is 12.4. The number of rotatable bonds is 3. The molecule has 1 N–H and O–H groups in total. The van der Waals surface area contributed by atoms with Crippen LogP contribution in [0.1, 0.15) is 10.4 Å². The number of amides is 1. The Morgan fingerprint density at radius 2 is 2.29 bits per heavy atom. The minimum absolute atomic E-state index is 0.0190. The zero-order valence-corrected chi connectivity index (χ0v) is 11.8. The van der Waals surface area contributed by atoms with Crippen LogP contribution in [0.5, 0.6) is 5.19 Å². The molecule has 1 saturated heterocycles. The van der Waals surface area contributed by atoms with Crippen molar-refractivity contribution in [2.24, 2.45) is 0 Å². The largest absolute Gasteiger partial charge is 0.463 e. The van der Waals surface area contributed by atoms with E-state index < -0.39 is 0 Å². The zero-order valence-electron chi connectivity index (χ0n) is 11.0. The van der Waals surface area contributed by atoms with E-state index in [2.05, 4.69) is 15.0 Å². The van der Waals surface area contributed by atoms with E-state index in [0.29, 0.717) is 23.8 Å². The van der Waals surface area contributed by atoms with Crippen molar-refractivity contribution < 1.29 is 9.53 Å². The predicted octanol–water partition coefficient (Wildman–Crippen LogP) is 1.92. The molecule has 6 nitrogen and oxygen atoms in total. The third-order valence-corrected chi connectivity index (χ3v) is 4.14. The van der Waals surface area contributed by atoms with E-state index in [9.17, 15) is 4.79 Å². The molecule has 1 fully saturated rings. The molecule has 0 aliphatic carbocycles.